The highest BCUT2D eigenvalue weighted by Gasteiger charge is 2.13. The number of hydrogen-bond acceptors (Lipinski definition) is 3. The smallest absolute Gasteiger partial charge is 0.328 e. The van der Waals surface area contributed by atoms with Crippen molar-refractivity contribution in [3.63, 3.8) is 0 Å². The zero-order valence-corrected chi connectivity index (χ0v) is 9.69. The molecular weight excluding hydrogens is 222 g/mol. The third kappa shape index (κ3) is 1.52. The average Bonchev–Trinajstić information content (AvgIpc) is 2.30. The predicted octanol–water partition coefficient (Wildman–Crippen LogP) is -0.109. The van der Waals surface area contributed by atoms with Crippen LogP contribution in [0.4, 0.5) is 0 Å². The summed E-state index contributed by atoms with van der Waals surface area (Å²) in [6.07, 6.45) is 1.44. The number of rotatable bonds is 2. The van der Waals surface area contributed by atoms with Crippen molar-refractivity contribution in [2.75, 3.05) is 0 Å². The largest absolute Gasteiger partial charge is 0.331 e. The zero-order chi connectivity index (χ0) is 12.6. The molecule has 0 fully saturated rings. The summed E-state index contributed by atoms with van der Waals surface area (Å²) < 4.78 is 2.50. The van der Waals surface area contributed by atoms with Gasteiger partial charge >= 0.3 is 5.69 Å². The van der Waals surface area contributed by atoms with Gasteiger partial charge in [-0.25, -0.2) is 4.79 Å². The fraction of sp³-hybridized carbons (Fsp3) is 0.364. The van der Waals surface area contributed by atoms with Gasteiger partial charge in [-0.1, -0.05) is 0 Å². The van der Waals surface area contributed by atoms with Crippen LogP contribution < -0.4 is 16.8 Å². The minimum atomic E-state index is -0.529. The SMILES string of the molecule is CCn1c(=O)c2c(=O)[nH]ccc2n(CC)c1=O. The normalized spacial score (nSPS) is 10.9. The van der Waals surface area contributed by atoms with Crippen molar-refractivity contribution in [1.82, 2.24) is 14.1 Å². The van der Waals surface area contributed by atoms with E-state index in [1.54, 1.807) is 19.9 Å². The molecule has 17 heavy (non-hydrogen) atoms. The van der Waals surface area contributed by atoms with E-state index in [4.69, 9.17) is 0 Å². The number of aromatic nitrogens is 3. The zero-order valence-electron chi connectivity index (χ0n) is 9.69. The molecule has 0 atom stereocenters. The monoisotopic (exact) mass is 235 g/mol. The maximum atomic E-state index is 12.0. The van der Waals surface area contributed by atoms with Crippen LogP contribution in [-0.2, 0) is 13.1 Å². The summed E-state index contributed by atoms with van der Waals surface area (Å²) in [5, 5.41) is 0.0378. The molecule has 0 unspecified atom stereocenters. The lowest BCUT2D eigenvalue weighted by atomic mass is 10.3. The van der Waals surface area contributed by atoms with E-state index in [9.17, 15) is 14.4 Å². The molecule has 6 heteroatoms. The molecule has 1 N–H and O–H groups in total. The quantitative estimate of drug-likeness (QED) is 0.789. The third-order valence-corrected chi connectivity index (χ3v) is 2.78. The number of aryl methyl sites for hydroxylation is 1. The van der Waals surface area contributed by atoms with E-state index in [0.29, 0.717) is 12.1 Å². The molecule has 0 aliphatic rings. The second-order valence-corrected chi connectivity index (χ2v) is 3.64. The molecule has 90 valence electrons. The topological polar surface area (TPSA) is 76.9 Å². The summed E-state index contributed by atoms with van der Waals surface area (Å²) in [6.45, 7) is 4.17. The van der Waals surface area contributed by atoms with Crippen LogP contribution >= 0.6 is 0 Å². The van der Waals surface area contributed by atoms with Crippen LogP contribution in [0.5, 0.6) is 0 Å². The molecular formula is C11H13N3O3. The lowest BCUT2D eigenvalue weighted by Crippen LogP contribution is -2.41. The van der Waals surface area contributed by atoms with Gasteiger partial charge in [-0.05, 0) is 19.9 Å². The molecule has 2 heterocycles. The molecule has 0 radical (unpaired) electrons. The van der Waals surface area contributed by atoms with Gasteiger partial charge < -0.3 is 4.98 Å². The Kier molecular flexibility index (Phi) is 2.71. The van der Waals surface area contributed by atoms with E-state index in [1.165, 1.54) is 10.8 Å². The molecule has 0 saturated carbocycles. The van der Waals surface area contributed by atoms with Crippen LogP contribution in [0.15, 0.2) is 26.6 Å². The summed E-state index contributed by atoms with van der Waals surface area (Å²) >= 11 is 0. The fourth-order valence-corrected chi connectivity index (χ4v) is 1.95. The number of aromatic amines is 1. The maximum absolute atomic E-state index is 12.0. The number of H-pyrrole nitrogens is 1. The van der Waals surface area contributed by atoms with Crippen LogP contribution in [0.1, 0.15) is 13.8 Å². The molecule has 2 rings (SSSR count). The van der Waals surface area contributed by atoms with Crippen molar-refractivity contribution < 1.29 is 0 Å². The van der Waals surface area contributed by atoms with Gasteiger partial charge in [0.1, 0.15) is 5.39 Å². The van der Waals surface area contributed by atoms with Gasteiger partial charge in [0.2, 0.25) is 0 Å². The fourth-order valence-electron chi connectivity index (χ4n) is 1.95. The highest BCUT2D eigenvalue weighted by Crippen LogP contribution is 2.01. The lowest BCUT2D eigenvalue weighted by Gasteiger charge is -2.10. The molecule has 0 saturated heterocycles. The Morgan fingerprint density at radius 3 is 2.35 bits per heavy atom. The summed E-state index contributed by atoms with van der Waals surface area (Å²) in [5.74, 6) is 0. The van der Waals surface area contributed by atoms with Gasteiger partial charge in [-0.3, -0.25) is 18.7 Å². The minimum absolute atomic E-state index is 0.0378. The van der Waals surface area contributed by atoms with Crippen molar-refractivity contribution in [3.05, 3.63) is 43.5 Å². The van der Waals surface area contributed by atoms with Crippen LogP contribution in [0.2, 0.25) is 0 Å². The molecule has 2 aromatic heterocycles. The lowest BCUT2D eigenvalue weighted by molar-refractivity contribution is 0.608. The van der Waals surface area contributed by atoms with E-state index >= 15 is 0 Å². The molecule has 0 spiro atoms. The number of pyridine rings is 1. The van der Waals surface area contributed by atoms with Gasteiger partial charge in [0.05, 0.1) is 5.52 Å². The Morgan fingerprint density at radius 1 is 1.12 bits per heavy atom. The minimum Gasteiger partial charge on any atom is -0.328 e. The van der Waals surface area contributed by atoms with Crippen LogP contribution in [0.3, 0.4) is 0 Å². The first-order chi connectivity index (χ1) is 8.11. The second-order valence-electron chi connectivity index (χ2n) is 3.64. The van der Waals surface area contributed by atoms with Gasteiger partial charge in [-0.2, -0.15) is 0 Å². The maximum Gasteiger partial charge on any atom is 0.331 e. The van der Waals surface area contributed by atoms with Crippen molar-refractivity contribution in [1.29, 1.82) is 0 Å². The van der Waals surface area contributed by atoms with E-state index < -0.39 is 11.1 Å². The molecule has 0 aliphatic carbocycles. The van der Waals surface area contributed by atoms with Gasteiger partial charge in [0.25, 0.3) is 11.1 Å². The van der Waals surface area contributed by atoms with E-state index in [1.807, 2.05) is 0 Å². The van der Waals surface area contributed by atoms with Crippen LogP contribution in [0.25, 0.3) is 10.9 Å². The second kappa shape index (κ2) is 4.04. The molecule has 6 nitrogen and oxygen atoms in total. The Morgan fingerprint density at radius 2 is 1.76 bits per heavy atom. The summed E-state index contributed by atoms with van der Waals surface area (Å²) in [7, 11) is 0. The molecule has 2 aromatic rings. The summed E-state index contributed by atoms with van der Waals surface area (Å²) in [4.78, 5) is 38.1. The Labute approximate surface area is 96.1 Å². The van der Waals surface area contributed by atoms with Crippen molar-refractivity contribution in [2.45, 2.75) is 26.9 Å². The molecule has 0 amide bonds. The molecule has 0 aliphatic heterocycles. The Hall–Kier alpha value is -2.11. The van der Waals surface area contributed by atoms with E-state index in [2.05, 4.69) is 4.98 Å². The van der Waals surface area contributed by atoms with Crippen molar-refractivity contribution in [2.24, 2.45) is 0 Å². The first-order valence-corrected chi connectivity index (χ1v) is 5.46. The van der Waals surface area contributed by atoms with Gasteiger partial charge in [0, 0.05) is 19.3 Å². The Bertz CT molecular complexity index is 736. The van der Waals surface area contributed by atoms with E-state index in [0.717, 1.165) is 4.57 Å². The summed E-state index contributed by atoms with van der Waals surface area (Å²) in [5.41, 5.74) is -0.981. The highest BCUT2D eigenvalue weighted by atomic mass is 16.2. The van der Waals surface area contributed by atoms with Crippen LogP contribution in [-0.4, -0.2) is 14.1 Å². The molecule has 0 aromatic carbocycles. The van der Waals surface area contributed by atoms with Crippen molar-refractivity contribution >= 4 is 10.9 Å². The number of fused-ring (bicyclic) bond motifs is 1. The summed E-state index contributed by atoms with van der Waals surface area (Å²) in [6, 6.07) is 1.57. The standard InChI is InChI=1S/C11H13N3O3/c1-3-13-7-5-6-12-9(15)8(7)10(16)14(4-2)11(13)17/h5-6H,3-4H2,1-2H3,(H,12,15). The van der Waals surface area contributed by atoms with Gasteiger partial charge in [-0.15, -0.1) is 0 Å². The van der Waals surface area contributed by atoms with E-state index in [-0.39, 0.29) is 17.6 Å². The first kappa shape index (κ1) is 11.4. The third-order valence-electron chi connectivity index (χ3n) is 2.78. The number of nitrogens with one attached hydrogen (secondary N) is 1. The van der Waals surface area contributed by atoms with Crippen LogP contribution in [0, 0.1) is 0 Å². The predicted molar refractivity (Wildman–Crippen MR) is 64.4 cm³/mol. The van der Waals surface area contributed by atoms with Crippen molar-refractivity contribution in [3.8, 4) is 0 Å². The number of hydrogen-bond donors (Lipinski definition) is 1. The number of nitrogens with zero attached hydrogens (tertiary/aromatic N) is 2. The Balaban J connectivity index is 3.19. The van der Waals surface area contributed by atoms with Gasteiger partial charge in [0.15, 0.2) is 0 Å². The molecule has 0 bridgehead atoms. The highest BCUT2D eigenvalue weighted by molar-refractivity contribution is 5.76. The average molecular weight is 235 g/mol. The first-order valence-electron chi connectivity index (χ1n) is 5.46.